The Morgan fingerprint density at radius 1 is 1.16 bits per heavy atom. The van der Waals surface area contributed by atoms with Crippen LogP contribution in [-0.4, -0.2) is 5.96 Å². The summed E-state index contributed by atoms with van der Waals surface area (Å²) in [4.78, 5) is 4.32. The van der Waals surface area contributed by atoms with Crippen LogP contribution >= 0.6 is 0 Å². The number of nitrogens with zero attached hydrogens (tertiary/aromatic N) is 1. The highest BCUT2D eigenvalue weighted by atomic mass is 19.1. The lowest BCUT2D eigenvalue weighted by Crippen LogP contribution is -2.36. The third-order valence-electron chi connectivity index (χ3n) is 2.56. The molecule has 0 radical (unpaired) electrons. The number of para-hydroxylation sites is 1. The number of nitrogens with one attached hydrogen (secondary N) is 2. The number of hydrazine groups is 1. The second kappa shape index (κ2) is 5.97. The lowest BCUT2D eigenvalue weighted by Gasteiger charge is -2.09. The van der Waals surface area contributed by atoms with Crippen molar-refractivity contribution >= 4 is 17.3 Å². The second-order valence-electron chi connectivity index (χ2n) is 4.03. The predicted molar refractivity (Wildman–Crippen MR) is 75.6 cm³/mol. The normalized spacial score (nSPS) is 11.2. The van der Waals surface area contributed by atoms with Gasteiger partial charge in [0.15, 0.2) is 0 Å². The fourth-order valence-electron chi connectivity index (χ4n) is 1.62. The van der Waals surface area contributed by atoms with Crippen LogP contribution in [0.15, 0.2) is 53.5 Å². The smallest absolute Gasteiger partial charge is 0.215 e. The van der Waals surface area contributed by atoms with Crippen molar-refractivity contribution in [3.63, 3.8) is 0 Å². The molecule has 0 atom stereocenters. The topological polar surface area (TPSA) is 62.4 Å². The minimum atomic E-state index is -0.283. The van der Waals surface area contributed by atoms with Crippen LogP contribution < -0.4 is 16.6 Å². The summed E-state index contributed by atoms with van der Waals surface area (Å²) in [5.74, 6) is 5.54. The van der Waals surface area contributed by atoms with Gasteiger partial charge in [0.25, 0.3) is 0 Å². The van der Waals surface area contributed by atoms with Crippen LogP contribution in [0.3, 0.4) is 0 Å². The van der Waals surface area contributed by atoms with Gasteiger partial charge >= 0.3 is 0 Å². The number of guanidine groups is 1. The van der Waals surface area contributed by atoms with Crippen LogP contribution in [0, 0.1) is 12.7 Å². The highest BCUT2D eigenvalue weighted by molar-refractivity contribution is 5.95. The van der Waals surface area contributed by atoms with Crippen LogP contribution in [0.2, 0.25) is 0 Å². The molecule has 98 valence electrons. The van der Waals surface area contributed by atoms with Crippen LogP contribution in [-0.2, 0) is 0 Å². The average molecular weight is 258 g/mol. The molecule has 2 aromatic rings. The van der Waals surface area contributed by atoms with Gasteiger partial charge in [0.05, 0.1) is 5.69 Å². The Morgan fingerprint density at radius 3 is 2.53 bits per heavy atom. The van der Waals surface area contributed by atoms with Gasteiger partial charge in [-0.25, -0.2) is 15.2 Å². The number of hydrogen-bond acceptors (Lipinski definition) is 2. The zero-order valence-corrected chi connectivity index (χ0v) is 10.5. The molecule has 0 heterocycles. The molecule has 19 heavy (non-hydrogen) atoms. The summed E-state index contributed by atoms with van der Waals surface area (Å²) < 4.78 is 13.0. The third kappa shape index (κ3) is 3.53. The van der Waals surface area contributed by atoms with Crippen molar-refractivity contribution in [2.75, 3.05) is 5.32 Å². The van der Waals surface area contributed by atoms with E-state index in [2.05, 4.69) is 15.7 Å². The van der Waals surface area contributed by atoms with E-state index >= 15 is 0 Å². The van der Waals surface area contributed by atoms with Gasteiger partial charge in [-0.3, -0.25) is 5.43 Å². The van der Waals surface area contributed by atoms with Crippen molar-refractivity contribution in [3.05, 3.63) is 59.9 Å². The second-order valence-corrected chi connectivity index (χ2v) is 4.03. The van der Waals surface area contributed by atoms with E-state index in [-0.39, 0.29) is 5.82 Å². The molecule has 0 amide bonds. The van der Waals surface area contributed by atoms with Gasteiger partial charge in [-0.2, -0.15) is 0 Å². The molecule has 0 aromatic heterocycles. The molecule has 2 aromatic carbocycles. The first kappa shape index (κ1) is 13.0. The van der Waals surface area contributed by atoms with Gasteiger partial charge in [0, 0.05) is 5.69 Å². The summed E-state index contributed by atoms with van der Waals surface area (Å²) in [7, 11) is 0. The molecule has 0 unspecified atom stereocenters. The SMILES string of the molecule is Cc1cc(F)ccc1N=C(NN)Nc1ccccc1. The molecule has 0 saturated heterocycles. The highest BCUT2D eigenvalue weighted by Crippen LogP contribution is 2.19. The number of rotatable bonds is 2. The number of anilines is 1. The number of halogens is 1. The highest BCUT2D eigenvalue weighted by Gasteiger charge is 2.02. The number of hydrogen-bond donors (Lipinski definition) is 3. The van der Waals surface area contributed by atoms with E-state index in [1.54, 1.807) is 13.0 Å². The Morgan fingerprint density at radius 2 is 1.89 bits per heavy atom. The average Bonchev–Trinajstić information content (AvgIpc) is 2.42. The summed E-state index contributed by atoms with van der Waals surface area (Å²) in [5.41, 5.74) is 4.74. The van der Waals surface area contributed by atoms with Crippen molar-refractivity contribution in [2.45, 2.75) is 6.92 Å². The Hall–Kier alpha value is -2.40. The van der Waals surface area contributed by atoms with Gasteiger partial charge in [0.1, 0.15) is 5.82 Å². The zero-order valence-electron chi connectivity index (χ0n) is 10.5. The molecule has 4 nitrogen and oxygen atoms in total. The summed E-state index contributed by atoms with van der Waals surface area (Å²) in [6.07, 6.45) is 0. The van der Waals surface area contributed by atoms with Gasteiger partial charge in [-0.15, -0.1) is 0 Å². The first-order valence-corrected chi connectivity index (χ1v) is 5.82. The third-order valence-corrected chi connectivity index (χ3v) is 2.56. The van der Waals surface area contributed by atoms with Gasteiger partial charge in [-0.1, -0.05) is 18.2 Å². The summed E-state index contributed by atoms with van der Waals surface area (Å²) in [6.45, 7) is 1.79. The molecule has 0 bridgehead atoms. The van der Waals surface area contributed by atoms with E-state index in [0.717, 1.165) is 11.3 Å². The summed E-state index contributed by atoms with van der Waals surface area (Å²) in [6, 6.07) is 13.9. The fraction of sp³-hybridized carbons (Fsp3) is 0.0714. The monoisotopic (exact) mass is 258 g/mol. The van der Waals surface area contributed by atoms with E-state index in [1.165, 1.54) is 12.1 Å². The van der Waals surface area contributed by atoms with Crippen LogP contribution in [0.4, 0.5) is 15.8 Å². The van der Waals surface area contributed by atoms with Crippen LogP contribution in [0.5, 0.6) is 0 Å². The fourth-order valence-corrected chi connectivity index (χ4v) is 1.62. The molecule has 0 aliphatic rings. The quantitative estimate of drug-likeness (QED) is 0.336. The van der Waals surface area contributed by atoms with Crippen molar-refractivity contribution in [1.29, 1.82) is 0 Å². The van der Waals surface area contributed by atoms with E-state index in [1.807, 2.05) is 30.3 Å². The maximum absolute atomic E-state index is 13.0. The van der Waals surface area contributed by atoms with E-state index in [4.69, 9.17) is 5.84 Å². The van der Waals surface area contributed by atoms with E-state index in [0.29, 0.717) is 11.6 Å². The molecule has 0 aliphatic carbocycles. The number of benzene rings is 2. The molecule has 5 heteroatoms. The molecule has 0 spiro atoms. The predicted octanol–water partition coefficient (Wildman–Crippen LogP) is 2.70. The standard InChI is InChI=1S/C14H15FN4/c1-10-9-11(15)7-8-13(10)18-14(19-16)17-12-5-3-2-4-6-12/h2-9H,16H2,1H3,(H2,17,18,19). The summed E-state index contributed by atoms with van der Waals surface area (Å²) in [5, 5.41) is 3.04. The Labute approximate surface area is 111 Å². The number of aliphatic imine (C=N–C) groups is 1. The Bertz CT molecular complexity index is 581. The molecule has 2 rings (SSSR count). The maximum atomic E-state index is 13.0. The largest absolute Gasteiger partial charge is 0.325 e. The molecule has 0 fully saturated rings. The lowest BCUT2D eigenvalue weighted by atomic mass is 10.2. The summed E-state index contributed by atoms with van der Waals surface area (Å²) >= 11 is 0. The zero-order chi connectivity index (χ0) is 13.7. The van der Waals surface area contributed by atoms with Crippen molar-refractivity contribution < 1.29 is 4.39 Å². The minimum Gasteiger partial charge on any atom is -0.325 e. The van der Waals surface area contributed by atoms with Gasteiger partial charge < -0.3 is 5.32 Å². The molecule has 4 N–H and O–H groups in total. The lowest BCUT2D eigenvalue weighted by molar-refractivity contribution is 0.627. The molecular weight excluding hydrogens is 243 g/mol. The van der Waals surface area contributed by atoms with E-state index < -0.39 is 0 Å². The van der Waals surface area contributed by atoms with E-state index in [9.17, 15) is 4.39 Å². The van der Waals surface area contributed by atoms with Gasteiger partial charge in [-0.05, 0) is 42.8 Å². The molecule has 0 aliphatic heterocycles. The maximum Gasteiger partial charge on any atom is 0.215 e. The Kier molecular flexibility index (Phi) is 4.10. The minimum absolute atomic E-state index is 0.283. The van der Waals surface area contributed by atoms with Crippen LogP contribution in [0.1, 0.15) is 5.56 Å². The number of nitrogens with two attached hydrogens (primary N) is 1. The number of aryl methyl sites for hydroxylation is 1. The molecular formula is C14H15FN4. The van der Waals surface area contributed by atoms with Crippen molar-refractivity contribution in [2.24, 2.45) is 10.8 Å². The van der Waals surface area contributed by atoms with Gasteiger partial charge in [0.2, 0.25) is 5.96 Å². The van der Waals surface area contributed by atoms with Crippen LogP contribution in [0.25, 0.3) is 0 Å². The molecule has 0 saturated carbocycles. The first-order valence-electron chi connectivity index (χ1n) is 5.82. The first-order chi connectivity index (χ1) is 9.19. The van der Waals surface area contributed by atoms with Crippen molar-refractivity contribution in [3.8, 4) is 0 Å². The Balaban J connectivity index is 2.23. The van der Waals surface area contributed by atoms with Crippen molar-refractivity contribution in [1.82, 2.24) is 5.43 Å².